The third-order valence-electron chi connectivity index (χ3n) is 4.20. The summed E-state index contributed by atoms with van der Waals surface area (Å²) >= 11 is 1.08. The fourth-order valence-electron chi connectivity index (χ4n) is 2.82. The maximum atomic E-state index is 12.5. The molecule has 0 aliphatic rings. The van der Waals surface area contributed by atoms with Crippen LogP contribution >= 0.6 is 11.8 Å². The maximum Gasteiger partial charge on any atom is 0.442 e. The highest BCUT2D eigenvalue weighted by atomic mass is 32.2. The Hall–Kier alpha value is -3.59. The van der Waals surface area contributed by atoms with Gasteiger partial charge in [0.15, 0.2) is 0 Å². The van der Waals surface area contributed by atoms with Gasteiger partial charge in [-0.3, -0.25) is 14.3 Å². The van der Waals surface area contributed by atoms with Crippen LogP contribution in [0.2, 0.25) is 0 Å². The molecule has 0 radical (unpaired) electrons. The van der Waals surface area contributed by atoms with Crippen LogP contribution in [-0.2, 0) is 4.79 Å². The fourth-order valence-corrected chi connectivity index (χ4v) is 3.59. The number of thioether (sulfide) groups is 1. The third kappa shape index (κ3) is 3.99. The van der Waals surface area contributed by atoms with Crippen LogP contribution in [0.3, 0.4) is 0 Å². The number of benzene rings is 2. The number of hydrogen-bond donors (Lipinski definition) is 2. The summed E-state index contributed by atoms with van der Waals surface area (Å²) in [5, 5.41) is 6.54. The first kappa shape index (κ1) is 18.8. The number of hydrogen-bond acceptors (Lipinski definition) is 6. The van der Waals surface area contributed by atoms with Gasteiger partial charge in [0, 0.05) is 23.7 Å². The van der Waals surface area contributed by atoms with Crippen LogP contribution in [0.1, 0.15) is 0 Å². The quantitative estimate of drug-likeness (QED) is 0.375. The summed E-state index contributed by atoms with van der Waals surface area (Å²) in [6, 6.07) is 16.3. The number of nitrogens with zero attached hydrogens (tertiary/aromatic N) is 2. The van der Waals surface area contributed by atoms with Gasteiger partial charge in [0.05, 0.1) is 24.1 Å². The molecule has 1 amide bonds. The second kappa shape index (κ2) is 8.19. The molecule has 2 aromatic carbocycles. The van der Waals surface area contributed by atoms with Crippen LogP contribution in [0.4, 0.5) is 5.69 Å². The number of carbonyl (C=O) groups is 1. The largest absolute Gasteiger partial charge is 0.497 e. The van der Waals surface area contributed by atoms with E-state index in [4.69, 9.17) is 9.26 Å². The predicted octanol–water partition coefficient (Wildman–Crippen LogP) is 2.53. The molecule has 0 unspecified atom stereocenters. The van der Waals surface area contributed by atoms with E-state index in [2.05, 4.69) is 15.6 Å². The summed E-state index contributed by atoms with van der Waals surface area (Å²) in [6.07, 6.45) is 1.70. The lowest BCUT2D eigenvalue weighted by molar-refractivity contribution is -0.704. The number of aromatic amines is 1. The minimum atomic E-state index is -0.548. The first-order valence-electron chi connectivity index (χ1n) is 8.70. The van der Waals surface area contributed by atoms with E-state index in [0.29, 0.717) is 17.1 Å². The van der Waals surface area contributed by atoms with Crippen LogP contribution in [0.15, 0.2) is 75.1 Å². The van der Waals surface area contributed by atoms with Crippen molar-refractivity contribution >= 4 is 34.3 Å². The van der Waals surface area contributed by atoms with E-state index in [1.807, 2.05) is 30.3 Å². The molecule has 0 saturated carbocycles. The lowest BCUT2D eigenvalue weighted by Gasteiger charge is -2.07. The standard InChI is InChI=1S/C20H16N4O4S/c1-27-14-9-7-13(8-10-14)24-19(20(26)28-23-24)29-12-18(25)22-17-6-2-5-16-15(17)4-3-11-21-16/h2-11H,12H2,1H3,(H-,21,22,23,25,26)/p+1. The van der Waals surface area contributed by atoms with E-state index in [-0.39, 0.29) is 16.7 Å². The minimum absolute atomic E-state index is 0.0371. The number of carbonyl (C=O) groups excluding carboxylic acids is 1. The number of ether oxygens (including phenoxy) is 1. The van der Waals surface area contributed by atoms with Gasteiger partial charge in [-0.2, -0.15) is 0 Å². The van der Waals surface area contributed by atoms with Crippen molar-refractivity contribution in [3.8, 4) is 11.4 Å². The summed E-state index contributed by atoms with van der Waals surface area (Å²) in [5.41, 5.74) is 1.60. The molecule has 2 aromatic heterocycles. The first-order valence-corrected chi connectivity index (χ1v) is 9.68. The zero-order chi connectivity index (χ0) is 20.2. The Morgan fingerprint density at radius 1 is 1.21 bits per heavy atom. The van der Waals surface area contributed by atoms with E-state index in [1.54, 1.807) is 37.6 Å². The first-order chi connectivity index (χ1) is 14.2. The topological polar surface area (TPSA) is 101 Å². The number of nitrogens with one attached hydrogen (secondary N) is 2. The van der Waals surface area contributed by atoms with Crippen LogP contribution in [0.25, 0.3) is 16.6 Å². The number of aromatic nitrogens is 3. The Kier molecular flexibility index (Phi) is 5.30. The van der Waals surface area contributed by atoms with Crippen LogP contribution in [0.5, 0.6) is 5.75 Å². The molecule has 9 heteroatoms. The molecule has 0 bridgehead atoms. The Bertz CT molecular complexity index is 1210. The van der Waals surface area contributed by atoms with Crippen molar-refractivity contribution in [2.75, 3.05) is 18.2 Å². The average Bonchev–Trinajstić information content (AvgIpc) is 3.13. The molecule has 0 saturated heterocycles. The zero-order valence-electron chi connectivity index (χ0n) is 15.4. The minimum Gasteiger partial charge on any atom is -0.497 e. The highest BCUT2D eigenvalue weighted by molar-refractivity contribution is 7.99. The van der Waals surface area contributed by atoms with Gasteiger partial charge in [0.25, 0.3) is 0 Å². The van der Waals surface area contributed by atoms with Gasteiger partial charge in [-0.1, -0.05) is 6.07 Å². The third-order valence-corrected chi connectivity index (χ3v) is 5.23. The van der Waals surface area contributed by atoms with Crippen molar-refractivity contribution in [2.24, 2.45) is 0 Å². The number of methoxy groups -OCH3 is 1. The maximum absolute atomic E-state index is 12.5. The van der Waals surface area contributed by atoms with Gasteiger partial charge in [-0.05, 0) is 58.1 Å². The van der Waals surface area contributed by atoms with Gasteiger partial charge in [-0.25, -0.2) is 4.79 Å². The lowest BCUT2D eigenvalue weighted by atomic mass is 10.2. The zero-order valence-corrected chi connectivity index (χ0v) is 16.2. The predicted molar refractivity (Wildman–Crippen MR) is 109 cm³/mol. The smallest absolute Gasteiger partial charge is 0.442 e. The molecule has 8 nitrogen and oxygen atoms in total. The molecule has 0 aliphatic carbocycles. The number of rotatable bonds is 6. The van der Waals surface area contributed by atoms with Gasteiger partial charge < -0.3 is 10.1 Å². The van der Waals surface area contributed by atoms with Crippen molar-refractivity contribution in [1.82, 2.24) is 10.3 Å². The Labute approximate surface area is 169 Å². The lowest BCUT2D eigenvalue weighted by Crippen LogP contribution is -2.36. The van der Waals surface area contributed by atoms with Crippen molar-refractivity contribution < 1.29 is 18.7 Å². The fraction of sp³-hybridized carbons (Fsp3) is 0.100. The van der Waals surface area contributed by atoms with Crippen molar-refractivity contribution in [3.63, 3.8) is 0 Å². The summed E-state index contributed by atoms with van der Waals surface area (Å²) in [4.78, 5) is 28.8. The Balaban J connectivity index is 1.49. The molecule has 146 valence electrons. The number of fused-ring (bicyclic) bond motifs is 1. The average molecular weight is 409 g/mol. The molecule has 4 rings (SSSR count). The summed E-state index contributed by atoms with van der Waals surface area (Å²) in [5.74, 6) is 0.488. The Morgan fingerprint density at radius 2 is 2.03 bits per heavy atom. The van der Waals surface area contributed by atoms with Crippen LogP contribution < -0.4 is 20.4 Å². The second-order valence-electron chi connectivity index (χ2n) is 6.03. The molecule has 0 spiro atoms. The second-order valence-corrected chi connectivity index (χ2v) is 7.00. The molecular formula is C20H17N4O4S+. The molecule has 0 aliphatic heterocycles. The van der Waals surface area contributed by atoms with E-state index in [0.717, 1.165) is 22.7 Å². The van der Waals surface area contributed by atoms with Crippen molar-refractivity contribution in [1.29, 1.82) is 0 Å². The van der Waals surface area contributed by atoms with Crippen molar-refractivity contribution in [2.45, 2.75) is 5.03 Å². The van der Waals surface area contributed by atoms with E-state index < -0.39 is 5.63 Å². The van der Waals surface area contributed by atoms with Crippen LogP contribution in [-0.4, -0.2) is 29.0 Å². The van der Waals surface area contributed by atoms with Gasteiger partial charge in [-0.15, -0.1) is 0 Å². The number of pyridine rings is 1. The molecule has 0 fully saturated rings. The molecule has 2 N–H and O–H groups in total. The highest BCUT2D eigenvalue weighted by Crippen LogP contribution is 2.22. The van der Waals surface area contributed by atoms with Crippen LogP contribution in [0, 0.1) is 0 Å². The van der Waals surface area contributed by atoms with E-state index >= 15 is 0 Å². The molecule has 0 atom stereocenters. The molecule has 29 heavy (non-hydrogen) atoms. The van der Waals surface area contributed by atoms with E-state index in [1.165, 1.54) is 4.68 Å². The molecule has 2 heterocycles. The normalized spacial score (nSPS) is 10.8. The number of amides is 1. The van der Waals surface area contributed by atoms with Gasteiger partial charge in [0.1, 0.15) is 5.75 Å². The summed E-state index contributed by atoms with van der Waals surface area (Å²) < 4.78 is 11.5. The molecular weight excluding hydrogens is 392 g/mol. The summed E-state index contributed by atoms with van der Waals surface area (Å²) in [7, 11) is 1.58. The summed E-state index contributed by atoms with van der Waals surface area (Å²) in [6.45, 7) is 0. The molecule has 4 aromatic rings. The van der Waals surface area contributed by atoms with Gasteiger partial charge in [0.2, 0.25) is 11.6 Å². The highest BCUT2D eigenvalue weighted by Gasteiger charge is 2.25. The SMILES string of the molecule is COc1ccc(-[n+]2[nH]oc(=O)c2SCC(=O)Nc2cccc3ncccc23)cc1. The van der Waals surface area contributed by atoms with Gasteiger partial charge >= 0.3 is 10.7 Å². The van der Waals surface area contributed by atoms with E-state index in [9.17, 15) is 9.59 Å². The number of H-pyrrole nitrogens is 1. The van der Waals surface area contributed by atoms with Crippen molar-refractivity contribution in [3.05, 3.63) is 71.2 Å². The number of anilines is 1. The monoisotopic (exact) mass is 409 g/mol. The Morgan fingerprint density at radius 3 is 2.83 bits per heavy atom.